The van der Waals surface area contributed by atoms with Crippen LogP contribution >= 0.6 is 7.82 Å². The van der Waals surface area contributed by atoms with E-state index in [-0.39, 0.29) is 11.7 Å². The number of aromatic nitrogens is 3. The van der Waals surface area contributed by atoms with Crippen molar-refractivity contribution in [3.05, 3.63) is 83.8 Å². The van der Waals surface area contributed by atoms with Crippen molar-refractivity contribution in [1.82, 2.24) is 10.1 Å². The number of phosphoric ester groups is 1. The Labute approximate surface area is 191 Å². The van der Waals surface area contributed by atoms with Crippen molar-refractivity contribution in [3.63, 3.8) is 0 Å². The van der Waals surface area contributed by atoms with Gasteiger partial charge in [-0.3, -0.25) is 5.73 Å². The van der Waals surface area contributed by atoms with Gasteiger partial charge in [0.25, 0.3) is 5.82 Å². The number of nitrogen functional groups attached to an aromatic ring is 1. The third kappa shape index (κ3) is 6.00. The molecule has 34 heavy (non-hydrogen) atoms. The Bertz CT molecular complexity index is 1340. The highest BCUT2D eigenvalue weighted by Crippen LogP contribution is 2.35. The number of ether oxygens (including phenoxy) is 1. The van der Waals surface area contributed by atoms with Crippen molar-refractivity contribution in [3.8, 4) is 23.0 Å². The second-order valence-corrected chi connectivity index (χ2v) is 8.32. The summed E-state index contributed by atoms with van der Waals surface area (Å²) in [6.45, 7) is -0.447. The average molecular weight is 491 g/mol. The molecule has 0 fully saturated rings. The lowest BCUT2D eigenvalue weighted by atomic mass is 10.1. The van der Waals surface area contributed by atoms with E-state index in [9.17, 15) is 13.3 Å². The van der Waals surface area contributed by atoms with Gasteiger partial charge < -0.3 is 19.0 Å². The molecule has 0 saturated heterocycles. The maximum atomic E-state index is 13.3. The van der Waals surface area contributed by atoms with Crippen LogP contribution < -0.4 is 15.0 Å². The summed E-state index contributed by atoms with van der Waals surface area (Å²) in [6, 6.07) is 13.4. The summed E-state index contributed by atoms with van der Waals surface area (Å²) in [4.78, 5) is 21.2. The van der Waals surface area contributed by atoms with Crippen LogP contribution in [-0.2, 0) is 22.2 Å². The van der Waals surface area contributed by atoms with E-state index in [2.05, 4.69) is 14.7 Å². The molecule has 4 rings (SSSR count). The minimum Gasteiger partial charge on any atom is -0.439 e. The van der Waals surface area contributed by atoms with Crippen LogP contribution in [0.15, 0.2) is 65.3 Å². The summed E-state index contributed by atoms with van der Waals surface area (Å²) >= 11 is 0. The Balaban J connectivity index is 1.44. The average Bonchev–Trinajstić information content (AvgIpc) is 3.21. The molecule has 0 aliphatic carbocycles. The molecule has 0 aliphatic heterocycles. The Morgan fingerprint density at radius 3 is 2.59 bits per heavy atom. The predicted octanol–water partition coefficient (Wildman–Crippen LogP) is 3.33. The SMILES string of the molecule is Nc1c(-c2cc(Cc3ccc(Oc4cc(F)cc(F)n4)cc3)no2)ccc[n+]1COP(=O)(O)O. The summed E-state index contributed by atoms with van der Waals surface area (Å²) in [7, 11) is -4.66. The molecule has 176 valence electrons. The quantitative estimate of drug-likeness (QED) is 0.192. The van der Waals surface area contributed by atoms with Crippen LogP contribution in [0.2, 0.25) is 0 Å². The van der Waals surface area contributed by atoms with Crippen LogP contribution in [0.5, 0.6) is 11.6 Å². The molecule has 1 aromatic carbocycles. The standard InChI is InChI=1S/C21H17F2N4O6P/c22-14-9-19(23)25-20(10-14)32-16-5-3-13(4-6-16)8-15-11-18(33-26-15)17-2-1-7-27(21(17)24)12-31-34(28,29)30/h1-7,9-11,24H,8,12H2,(H2,28,29,30)/p+1. The maximum absolute atomic E-state index is 13.3. The zero-order chi connectivity index (χ0) is 24.3. The van der Waals surface area contributed by atoms with Crippen LogP contribution in [-0.4, -0.2) is 19.9 Å². The number of nitrogens with two attached hydrogens (primary N) is 1. The fourth-order valence-corrected chi connectivity index (χ4v) is 3.32. The number of nitrogens with zero attached hydrogens (tertiary/aromatic N) is 3. The summed E-state index contributed by atoms with van der Waals surface area (Å²) < 4.78 is 54.0. The predicted molar refractivity (Wildman–Crippen MR) is 113 cm³/mol. The zero-order valence-corrected chi connectivity index (χ0v) is 18.2. The monoisotopic (exact) mass is 491 g/mol. The molecule has 3 heterocycles. The number of pyridine rings is 2. The van der Waals surface area contributed by atoms with E-state index in [0.717, 1.165) is 11.6 Å². The third-order valence-corrected chi connectivity index (χ3v) is 5.02. The van der Waals surface area contributed by atoms with Gasteiger partial charge in [-0.05, 0) is 29.8 Å². The fraction of sp³-hybridized carbons (Fsp3) is 0.0952. The van der Waals surface area contributed by atoms with Gasteiger partial charge in [0.05, 0.1) is 11.9 Å². The first-order chi connectivity index (χ1) is 16.2. The van der Waals surface area contributed by atoms with Crippen LogP contribution in [0, 0.1) is 11.8 Å². The largest absolute Gasteiger partial charge is 0.472 e. The summed E-state index contributed by atoms with van der Waals surface area (Å²) in [5.74, 6) is -1.09. The van der Waals surface area contributed by atoms with Gasteiger partial charge in [0.15, 0.2) is 5.76 Å². The molecule has 4 N–H and O–H groups in total. The molecule has 0 atom stereocenters. The van der Waals surface area contributed by atoms with Gasteiger partial charge in [0, 0.05) is 24.6 Å². The van der Waals surface area contributed by atoms with E-state index >= 15 is 0 Å². The molecule has 0 amide bonds. The van der Waals surface area contributed by atoms with Gasteiger partial charge >= 0.3 is 7.82 Å². The molecular weight excluding hydrogens is 473 g/mol. The minimum absolute atomic E-state index is 0.169. The number of hydrogen-bond donors (Lipinski definition) is 3. The molecule has 10 nitrogen and oxygen atoms in total. The Hall–Kier alpha value is -3.70. The molecule has 13 heteroatoms. The van der Waals surface area contributed by atoms with Crippen LogP contribution in [0.4, 0.5) is 14.6 Å². The van der Waals surface area contributed by atoms with E-state index < -0.39 is 26.3 Å². The van der Waals surface area contributed by atoms with Crippen LogP contribution in [0.3, 0.4) is 0 Å². The van der Waals surface area contributed by atoms with Crippen LogP contribution in [0.25, 0.3) is 11.3 Å². The minimum atomic E-state index is -4.66. The highest BCUT2D eigenvalue weighted by Gasteiger charge is 2.20. The molecule has 0 unspecified atom stereocenters. The van der Waals surface area contributed by atoms with Crippen molar-refractivity contribution >= 4 is 13.6 Å². The number of phosphoric acid groups is 1. The first-order valence-electron chi connectivity index (χ1n) is 9.70. The second kappa shape index (κ2) is 9.65. The Kier molecular flexibility index (Phi) is 6.66. The normalized spacial score (nSPS) is 11.5. The van der Waals surface area contributed by atoms with Gasteiger partial charge in [-0.15, -0.1) is 0 Å². The van der Waals surface area contributed by atoms with E-state index in [1.165, 1.54) is 10.8 Å². The highest BCUT2D eigenvalue weighted by atomic mass is 31.2. The molecule has 0 spiro atoms. The third-order valence-electron chi connectivity index (χ3n) is 4.57. The fourth-order valence-electron chi connectivity index (χ4n) is 3.04. The molecular formula is C21H18F2N4O6P+. The number of hydrogen-bond acceptors (Lipinski definition) is 7. The topological polar surface area (TPSA) is 145 Å². The van der Waals surface area contributed by atoms with Gasteiger partial charge in [-0.1, -0.05) is 17.3 Å². The van der Waals surface area contributed by atoms with E-state index in [1.54, 1.807) is 42.5 Å². The van der Waals surface area contributed by atoms with E-state index in [4.69, 9.17) is 24.8 Å². The van der Waals surface area contributed by atoms with Crippen molar-refractivity contribution in [1.29, 1.82) is 0 Å². The maximum Gasteiger partial charge on any atom is 0.472 e. The van der Waals surface area contributed by atoms with Gasteiger partial charge in [0.2, 0.25) is 18.6 Å². The zero-order valence-electron chi connectivity index (χ0n) is 17.3. The molecule has 0 aliphatic rings. The summed E-state index contributed by atoms with van der Waals surface area (Å²) in [5, 5.41) is 4.03. The van der Waals surface area contributed by atoms with Crippen LogP contribution in [0.1, 0.15) is 11.3 Å². The number of halogens is 2. The number of benzene rings is 1. The lowest BCUT2D eigenvalue weighted by Crippen LogP contribution is -2.38. The first kappa shape index (κ1) is 23.5. The smallest absolute Gasteiger partial charge is 0.439 e. The molecule has 3 aromatic heterocycles. The lowest BCUT2D eigenvalue weighted by molar-refractivity contribution is -0.711. The number of rotatable bonds is 8. The molecule has 4 aromatic rings. The summed E-state index contributed by atoms with van der Waals surface area (Å²) in [6.07, 6.45) is 1.91. The summed E-state index contributed by atoms with van der Waals surface area (Å²) in [5.41, 5.74) is 8.00. The first-order valence-corrected chi connectivity index (χ1v) is 11.2. The van der Waals surface area contributed by atoms with Gasteiger partial charge in [-0.25, -0.2) is 18.0 Å². The molecule has 0 saturated carbocycles. The Morgan fingerprint density at radius 1 is 1.12 bits per heavy atom. The van der Waals surface area contributed by atoms with E-state index in [1.807, 2.05) is 0 Å². The number of anilines is 1. The molecule has 0 radical (unpaired) electrons. The van der Waals surface area contributed by atoms with Gasteiger partial charge in [-0.2, -0.15) is 9.37 Å². The van der Waals surface area contributed by atoms with Crippen molar-refractivity contribution < 1.29 is 41.5 Å². The second-order valence-electron chi connectivity index (χ2n) is 7.08. The van der Waals surface area contributed by atoms with E-state index in [0.29, 0.717) is 35.3 Å². The highest BCUT2D eigenvalue weighted by molar-refractivity contribution is 7.46. The van der Waals surface area contributed by atoms with Crippen molar-refractivity contribution in [2.45, 2.75) is 13.2 Å². The van der Waals surface area contributed by atoms with Gasteiger partial charge in [0.1, 0.15) is 17.1 Å². The molecule has 0 bridgehead atoms. The Morgan fingerprint density at radius 2 is 1.88 bits per heavy atom. The lowest BCUT2D eigenvalue weighted by Gasteiger charge is -2.07. The van der Waals surface area contributed by atoms with Crippen molar-refractivity contribution in [2.75, 3.05) is 5.73 Å². The van der Waals surface area contributed by atoms with Crippen molar-refractivity contribution in [2.24, 2.45) is 0 Å².